The Bertz CT molecular complexity index is 645. The highest BCUT2D eigenvalue weighted by Crippen LogP contribution is 2.26. The van der Waals surface area contributed by atoms with Crippen LogP contribution in [0.15, 0.2) is 35.3 Å². The van der Waals surface area contributed by atoms with E-state index in [2.05, 4.69) is 25.8 Å². The molecule has 0 N–H and O–H groups in total. The van der Waals surface area contributed by atoms with Gasteiger partial charge >= 0.3 is 0 Å². The van der Waals surface area contributed by atoms with Crippen LogP contribution >= 0.6 is 0 Å². The molecule has 0 aliphatic carbocycles. The van der Waals surface area contributed by atoms with Crippen LogP contribution in [-0.2, 0) is 6.54 Å². The minimum atomic E-state index is 0.233. The Morgan fingerprint density at radius 1 is 1.22 bits per heavy atom. The van der Waals surface area contributed by atoms with Crippen LogP contribution in [0, 0.1) is 6.92 Å². The van der Waals surface area contributed by atoms with Gasteiger partial charge in [0.05, 0.1) is 18.9 Å². The highest BCUT2D eigenvalue weighted by atomic mass is 16.5. The lowest BCUT2D eigenvalue weighted by molar-refractivity contribution is 0.0925. The lowest BCUT2D eigenvalue weighted by Crippen LogP contribution is -2.49. The normalized spacial score (nSPS) is 25.4. The van der Waals surface area contributed by atoms with Crippen LogP contribution < -0.4 is 4.74 Å². The fourth-order valence-electron chi connectivity index (χ4n) is 3.62. The second-order valence-electron chi connectivity index (χ2n) is 6.45. The number of ether oxygens (including phenoxy) is 1. The molecule has 2 atom stereocenters. The van der Waals surface area contributed by atoms with Crippen molar-refractivity contribution in [2.24, 2.45) is 0 Å². The molecule has 23 heavy (non-hydrogen) atoms. The molecule has 2 aliphatic heterocycles. The molecule has 2 aromatic heterocycles. The minimum Gasteiger partial charge on any atom is -0.486 e. The van der Waals surface area contributed by atoms with Crippen LogP contribution in [0.4, 0.5) is 0 Å². The van der Waals surface area contributed by atoms with Gasteiger partial charge in [0.15, 0.2) is 5.75 Å². The standard InChI is InChI=1S/C17H22N4O2/c1-13-2-3-15(22-13)10-20-4-5-21-11-16(6-14(21)9-20)23-17-7-18-12-19-8-17/h2-3,7-8,12,14,16H,4-6,9-11H2,1H3/t14-,16+/m0/s1. The van der Waals surface area contributed by atoms with Gasteiger partial charge in [0.2, 0.25) is 0 Å². The molecule has 122 valence electrons. The van der Waals surface area contributed by atoms with E-state index in [1.54, 1.807) is 12.4 Å². The third kappa shape index (κ3) is 3.38. The average molecular weight is 314 g/mol. The summed E-state index contributed by atoms with van der Waals surface area (Å²) in [5.74, 6) is 2.81. The molecule has 4 rings (SSSR count). The van der Waals surface area contributed by atoms with Crippen molar-refractivity contribution in [3.63, 3.8) is 0 Å². The smallest absolute Gasteiger partial charge is 0.156 e. The van der Waals surface area contributed by atoms with Crippen LogP contribution in [0.2, 0.25) is 0 Å². The molecule has 0 spiro atoms. The van der Waals surface area contributed by atoms with Crippen molar-refractivity contribution in [3.8, 4) is 5.75 Å². The molecule has 0 saturated carbocycles. The monoisotopic (exact) mass is 314 g/mol. The van der Waals surface area contributed by atoms with Crippen molar-refractivity contribution in [1.29, 1.82) is 0 Å². The summed E-state index contributed by atoms with van der Waals surface area (Å²) < 4.78 is 11.7. The molecule has 2 saturated heterocycles. The van der Waals surface area contributed by atoms with Gasteiger partial charge in [-0.1, -0.05) is 0 Å². The number of aromatic nitrogens is 2. The molecule has 6 heteroatoms. The van der Waals surface area contributed by atoms with E-state index >= 15 is 0 Å². The number of rotatable bonds is 4. The van der Waals surface area contributed by atoms with Crippen LogP contribution in [-0.4, -0.2) is 58.1 Å². The van der Waals surface area contributed by atoms with Gasteiger partial charge in [-0.2, -0.15) is 0 Å². The highest BCUT2D eigenvalue weighted by Gasteiger charge is 2.37. The summed E-state index contributed by atoms with van der Waals surface area (Å²) in [6, 6.07) is 4.68. The molecular formula is C17H22N4O2. The summed E-state index contributed by atoms with van der Waals surface area (Å²) in [5.41, 5.74) is 0. The summed E-state index contributed by atoms with van der Waals surface area (Å²) >= 11 is 0. The molecule has 4 heterocycles. The van der Waals surface area contributed by atoms with E-state index in [-0.39, 0.29) is 6.10 Å². The van der Waals surface area contributed by atoms with E-state index in [1.165, 1.54) is 6.33 Å². The Balaban J connectivity index is 1.33. The summed E-state index contributed by atoms with van der Waals surface area (Å²) in [6.07, 6.45) is 6.28. The maximum absolute atomic E-state index is 6.02. The maximum Gasteiger partial charge on any atom is 0.156 e. The van der Waals surface area contributed by atoms with E-state index in [1.807, 2.05) is 13.0 Å². The summed E-state index contributed by atoms with van der Waals surface area (Å²) in [5, 5.41) is 0. The van der Waals surface area contributed by atoms with Crippen molar-refractivity contribution in [2.45, 2.75) is 32.0 Å². The molecule has 0 aromatic carbocycles. The first-order valence-electron chi connectivity index (χ1n) is 8.19. The predicted octanol–water partition coefficient (Wildman–Crippen LogP) is 1.72. The second-order valence-corrected chi connectivity index (χ2v) is 6.45. The number of piperazine rings is 1. The third-order valence-corrected chi connectivity index (χ3v) is 4.68. The molecule has 0 radical (unpaired) electrons. The minimum absolute atomic E-state index is 0.233. The summed E-state index contributed by atoms with van der Waals surface area (Å²) in [7, 11) is 0. The Kier molecular flexibility index (Phi) is 4.01. The van der Waals surface area contributed by atoms with Crippen molar-refractivity contribution >= 4 is 0 Å². The molecule has 0 unspecified atom stereocenters. The maximum atomic E-state index is 6.02. The van der Waals surface area contributed by atoms with Gasteiger partial charge < -0.3 is 9.15 Å². The largest absolute Gasteiger partial charge is 0.486 e. The number of hydrogen-bond acceptors (Lipinski definition) is 6. The average Bonchev–Trinajstić information content (AvgIpc) is 3.13. The quantitative estimate of drug-likeness (QED) is 0.856. The van der Waals surface area contributed by atoms with Gasteiger partial charge in [-0.15, -0.1) is 0 Å². The topological polar surface area (TPSA) is 54.6 Å². The zero-order valence-electron chi connectivity index (χ0n) is 13.4. The SMILES string of the molecule is Cc1ccc(CN2CCN3C[C@H](Oc4cncnc4)C[C@H]3C2)o1. The number of aryl methyl sites for hydroxylation is 1. The van der Waals surface area contributed by atoms with E-state index in [0.29, 0.717) is 6.04 Å². The molecule has 2 fully saturated rings. The lowest BCUT2D eigenvalue weighted by atomic mass is 10.1. The van der Waals surface area contributed by atoms with E-state index in [0.717, 1.165) is 56.4 Å². The predicted molar refractivity (Wildman–Crippen MR) is 85.1 cm³/mol. The van der Waals surface area contributed by atoms with E-state index in [4.69, 9.17) is 9.15 Å². The van der Waals surface area contributed by atoms with Gasteiger partial charge in [0, 0.05) is 38.6 Å². The zero-order chi connectivity index (χ0) is 15.6. The van der Waals surface area contributed by atoms with Crippen molar-refractivity contribution in [1.82, 2.24) is 19.8 Å². The molecule has 2 aromatic rings. The van der Waals surface area contributed by atoms with Crippen LogP contribution in [0.25, 0.3) is 0 Å². The molecule has 0 bridgehead atoms. The summed E-state index contributed by atoms with van der Waals surface area (Å²) in [4.78, 5) is 13.0. The van der Waals surface area contributed by atoms with Crippen molar-refractivity contribution in [3.05, 3.63) is 42.4 Å². The Hall–Kier alpha value is -1.92. The number of fused-ring (bicyclic) bond motifs is 1. The first kappa shape index (κ1) is 14.7. The van der Waals surface area contributed by atoms with Crippen molar-refractivity contribution in [2.75, 3.05) is 26.2 Å². The van der Waals surface area contributed by atoms with Gasteiger partial charge in [-0.3, -0.25) is 9.80 Å². The van der Waals surface area contributed by atoms with Crippen LogP contribution in [0.3, 0.4) is 0 Å². The zero-order valence-corrected chi connectivity index (χ0v) is 13.4. The van der Waals surface area contributed by atoms with Crippen LogP contribution in [0.5, 0.6) is 5.75 Å². The van der Waals surface area contributed by atoms with Gasteiger partial charge in [-0.25, -0.2) is 9.97 Å². The fraction of sp³-hybridized carbons (Fsp3) is 0.529. The third-order valence-electron chi connectivity index (χ3n) is 4.68. The first-order valence-corrected chi connectivity index (χ1v) is 8.19. The number of nitrogens with zero attached hydrogens (tertiary/aromatic N) is 4. The van der Waals surface area contributed by atoms with E-state index in [9.17, 15) is 0 Å². The highest BCUT2D eigenvalue weighted by molar-refractivity contribution is 5.11. The molecule has 2 aliphatic rings. The van der Waals surface area contributed by atoms with Crippen molar-refractivity contribution < 1.29 is 9.15 Å². The Morgan fingerprint density at radius 3 is 2.87 bits per heavy atom. The fourth-order valence-corrected chi connectivity index (χ4v) is 3.62. The Morgan fingerprint density at radius 2 is 2.09 bits per heavy atom. The second kappa shape index (κ2) is 6.29. The van der Waals surface area contributed by atoms with Gasteiger partial charge in [0.25, 0.3) is 0 Å². The van der Waals surface area contributed by atoms with E-state index < -0.39 is 0 Å². The Labute approximate surface area is 136 Å². The lowest BCUT2D eigenvalue weighted by Gasteiger charge is -2.36. The van der Waals surface area contributed by atoms with Gasteiger partial charge in [0.1, 0.15) is 24.0 Å². The van der Waals surface area contributed by atoms with Gasteiger partial charge in [-0.05, 0) is 19.1 Å². The first-order chi connectivity index (χ1) is 11.3. The molecule has 6 nitrogen and oxygen atoms in total. The number of hydrogen-bond donors (Lipinski definition) is 0. The molecular weight excluding hydrogens is 292 g/mol. The number of furan rings is 1. The molecule has 0 amide bonds. The summed E-state index contributed by atoms with van der Waals surface area (Å²) in [6.45, 7) is 7.13. The van der Waals surface area contributed by atoms with Crippen LogP contribution in [0.1, 0.15) is 17.9 Å².